The van der Waals surface area contributed by atoms with E-state index in [4.69, 9.17) is 4.74 Å². The maximum atomic E-state index is 12.0. The number of hydrogen-bond acceptors (Lipinski definition) is 8. The number of nitrogens with one attached hydrogen (secondary N) is 3. The highest BCUT2D eigenvalue weighted by Gasteiger charge is 2.27. The molecule has 10 heteroatoms. The predicted octanol–water partition coefficient (Wildman–Crippen LogP) is 2.08. The first kappa shape index (κ1) is 16.6. The summed E-state index contributed by atoms with van der Waals surface area (Å²) >= 11 is 0. The third kappa shape index (κ3) is 3.27. The Labute approximate surface area is 150 Å². The van der Waals surface area contributed by atoms with Gasteiger partial charge in [0.05, 0.1) is 7.11 Å². The van der Waals surface area contributed by atoms with E-state index in [1.807, 2.05) is 24.3 Å². The molecule has 1 fully saturated rings. The van der Waals surface area contributed by atoms with Crippen molar-refractivity contribution in [2.45, 2.75) is 23.9 Å². The standard InChI is InChI=1S/C16H18N6O3S/c1-25-11-7-5-10(6-8-11)18-16-19-13(17-9-3-4-9)12-14(20-16)21-22-15(12)26(2,23)24/h5-9H,3-4H2,1-2H3,(H3,17,18,19,20,21,22). The molecule has 0 unspecified atom stereocenters. The number of aromatic nitrogens is 4. The van der Waals surface area contributed by atoms with Crippen molar-refractivity contribution in [1.82, 2.24) is 20.2 Å². The Hall–Kier alpha value is -2.88. The van der Waals surface area contributed by atoms with E-state index in [1.165, 1.54) is 0 Å². The van der Waals surface area contributed by atoms with Gasteiger partial charge in [0.15, 0.2) is 20.5 Å². The van der Waals surface area contributed by atoms with Gasteiger partial charge in [0.25, 0.3) is 0 Å². The fourth-order valence-corrected chi connectivity index (χ4v) is 3.32. The molecule has 0 atom stereocenters. The molecule has 4 rings (SSSR count). The minimum absolute atomic E-state index is 0.0200. The van der Waals surface area contributed by atoms with Gasteiger partial charge in [0.2, 0.25) is 5.95 Å². The van der Waals surface area contributed by atoms with Crippen LogP contribution in [0.25, 0.3) is 11.0 Å². The Morgan fingerprint density at radius 3 is 2.54 bits per heavy atom. The molecule has 136 valence electrons. The minimum atomic E-state index is -3.48. The first-order valence-electron chi connectivity index (χ1n) is 8.08. The molecule has 1 aromatic carbocycles. The van der Waals surface area contributed by atoms with Gasteiger partial charge >= 0.3 is 0 Å². The third-order valence-corrected chi connectivity index (χ3v) is 5.05. The van der Waals surface area contributed by atoms with Crippen LogP contribution in [0.4, 0.5) is 17.5 Å². The van der Waals surface area contributed by atoms with E-state index in [0.29, 0.717) is 28.8 Å². The first-order chi connectivity index (χ1) is 12.4. The van der Waals surface area contributed by atoms with Crippen LogP contribution in [0, 0.1) is 0 Å². The Bertz CT molecular complexity index is 1060. The van der Waals surface area contributed by atoms with Gasteiger partial charge in [-0.1, -0.05) is 0 Å². The van der Waals surface area contributed by atoms with Crippen LogP contribution in [-0.2, 0) is 9.84 Å². The summed E-state index contributed by atoms with van der Waals surface area (Å²) < 4.78 is 29.2. The van der Waals surface area contributed by atoms with Crippen molar-refractivity contribution in [2.75, 3.05) is 24.0 Å². The van der Waals surface area contributed by atoms with Crippen molar-refractivity contribution in [3.8, 4) is 5.75 Å². The smallest absolute Gasteiger partial charge is 0.231 e. The summed E-state index contributed by atoms with van der Waals surface area (Å²) in [5, 5.41) is 13.4. The molecule has 3 N–H and O–H groups in total. The Kier molecular flexibility index (Phi) is 3.91. The van der Waals surface area contributed by atoms with Gasteiger partial charge in [-0.15, -0.1) is 0 Å². The van der Waals surface area contributed by atoms with Gasteiger partial charge in [-0.25, -0.2) is 8.42 Å². The van der Waals surface area contributed by atoms with Crippen LogP contribution in [-0.4, -0.2) is 48.0 Å². The van der Waals surface area contributed by atoms with Crippen molar-refractivity contribution >= 4 is 38.3 Å². The average molecular weight is 374 g/mol. The quantitative estimate of drug-likeness (QED) is 0.599. The average Bonchev–Trinajstić information content (AvgIpc) is 3.29. The number of methoxy groups -OCH3 is 1. The lowest BCUT2D eigenvalue weighted by Crippen LogP contribution is -2.08. The van der Waals surface area contributed by atoms with Gasteiger partial charge in [-0.3, -0.25) is 5.10 Å². The van der Waals surface area contributed by atoms with E-state index >= 15 is 0 Å². The summed E-state index contributed by atoms with van der Waals surface area (Å²) in [6, 6.07) is 7.62. The predicted molar refractivity (Wildman–Crippen MR) is 97.7 cm³/mol. The zero-order valence-electron chi connectivity index (χ0n) is 14.3. The first-order valence-corrected chi connectivity index (χ1v) is 9.97. The Balaban J connectivity index is 1.75. The SMILES string of the molecule is COc1ccc(Nc2nc(NC3CC3)c3c(S(C)(=O)=O)[nH]nc3n2)cc1. The second kappa shape index (κ2) is 6.13. The van der Waals surface area contributed by atoms with Crippen LogP contribution in [0.15, 0.2) is 29.3 Å². The Morgan fingerprint density at radius 1 is 1.19 bits per heavy atom. The van der Waals surface area contributed by atoms with E-state index in [1.54, 1.807) is 7.11 Å². The fourth-order valence-electron chi connectivity index (χ4n) is 2.55. The van der Waals surface area contributed by atoms with Gasteiger partial charge in [0.1, 0.15) is 17.0 Å². The highest BCUT2D eigenvalue weighted by Crippen LogP contribution is 2.32. The Morgan fingerprint density at radius 2 is 1.92 bits per heavy atom. The summed E-state index contributed by atoms with van der Waals surface area (Å²) in [6.07, 6.45) is 3.18. The summed E-state index contributed by atoms with van der Waals surface area (Å²) in [6.45, 7) is 0. The summed E-state index contributed by atoms with van der Waals surface area (Å²) in [7, 11) is -1.87. The fraction of sp³-hybridized carbons (Fsp3) is 0.312. The molecule has 0 bridgehead atoms. The molecule has 0 saturated heterocycles. The molecule has 1 aliphatic carbocycles. The number of benzene rings is 1. The summed E-state index contributed by atoms with van der Waals surface area (Å²) in [4.78, 5) is 8.81. The van der Waals surface area contributed by atoms with E-state index in [9.17, 15) is 8.42 Å². The van der Waals surface area contributed by atoms with Gasteiger partial charge in [-0.2, -0.15) is 15.1 Å². The molecular weight excluding hydrogens is 356 g/mol. The molecule has 2 aromatic heterocycles. The molecule has 0 radical (unpaired) electrons. The zero-order valence-corrected chi connectivity index (χ0v) is 15.1. The van der Waals surface area contributed by atoms with Gasteiger partial charge < -0.3 is 15.4 Å². The maximum Gasteiger partial charge on any atom is 0.231 e. The number of H-pyrrole nitrogens is 1. The van der Waals surface area contributed by atoms with Crippen LogP contribution >= 0.6 is 0 Å². The van der Waals surface area contributed by atoms with Gasteiger partial charge in [-0.05, 0) is 37.1 Å². The second-order valence-electron chi connectivity index (χ2n) is 6.19. The van der Waals surface area contributed by atoms with Crippen molar-refractivity contribution in [2.24, 2.45) is 0 Å². The van der Waals surface area contributed by atoms with Crippen molar-refractivity contribution in [3.05, 3.63) is 24.3 Å². The minimum Gasteiger partial charge on any atom is -0.497 e. The van der Waals surface area contributed by atoms with Crippen LogP contribution in [0.1, 0.15) is 12.8 Å². The van der Waals surface area contributed by atoms with Gasteiger partial charge in [0, 0.05) is 18.0 Å². The van der Waals surface area contributed by atoms with Crippen LogP contribution < -0.4 is 15.4 Å². The van der Waals surface area contributed by atoms with E-state index in [-0.39, 0.29) is 5.03 Å². The molecule has 9 nitrogen and oxygen atoms in total. The molecule has 0 spiro atoms. The monoisotopic (exact) mass is 374 g/mol. The van der Waals surface area contributed by atoms with Crippen LogP contribution in [0.3, 0.4) is 0 Å². The highest BCUT2D eigenvalue weighted by atomic mass is 32.2. The number of nitrogens with zero attached hydrogens (tertiary/aromatic N) is 3. The van der Waals surface area contributed by atoms with Crippen LogP contribution in [0.2, 0.25) is 0 Å². The molecule has 1 aliphatic rings. The molecule has 3 aromatic rings. The molecule has 1 saturated carbocycles. The molecule has 0 aliphatic heterocycles. The number of fused-ring (bicyclic) bond motifs is 1. The number of aromatic amines is 1. The summed E-state index contributed by atoms with van der Waals surface area (Å²) in [5.41, 5.74) is 1.07. The van der Waals surface area contributed by atoms with Crippen molar-refractivity contribution < 1.29 is 13.2 Å². The maximum absolute atomic E-state index is 12.0. The largest absolute Gasteiger partial charge is 0.497 e. The van der Waals surface area contributed by atoms with E-state index in [2.05, 4.69) is 30.8 Å². The molecule has 2 heterocycles. The number of anilines is 3. The van der Waals surface area contributed by atoms with E-state index in [0.717, 1.165) is 30.5 Å². The number of hydrogen-bond donors (Lipinski definition) is 3. The lowest BCUT2D eigenvalue weighted by atomic mass is 10.3. The lowest BCUT2D eigenvalue weighted by molar-refractivity contribution is 0.415. The van der Waals surface area contributed by atoms with Crippen LogP contribution in [0.5, 0.6) is 5.75 Å². The molecule has 0 amide bonds. The topological polar surface area (TPSA) is 122 Å². The molecule has 26 heavy (non-hydrogen) atoms. The highest BCUT2D eigenvalue weighted by molar-refractivity contribution is 7.90. The lowest BCUT2D eigenvalue weighted by Gasteiger charge is -2.10. The number of rotatable bonds is 6. The van der Waals surface area contributed by atoms with E-state index < -0.39 is 9.84 Å². The van der Waals surface area contributed by atoms with Crippen molar-refractivity contribution in [3.63, 3.8) is 0 Å². The number of ether oxygens (including phenoxy) is 1. The second-order valence-corrected chi connectivity index (χ2v) is 8.14. The van der Waals surface area contributed by atoms with Crippen molar-refractivity contribution in [1.29, 1.82) is 0 Å². The normalized spacial score (nSPS) is 14.4. The number of sulfone groups is 1. The third-order valence-electron chi connectivity index (χ3n) is 4.02. The summed E-state index contributed by atoms with van der Waals surface area (Å²) in [5.74, 6) is 1.54. The molecular formula is C16H18N6O3S. The zero-order chi connectivity index (χ0) is 18.3.